The summed E-state index contributed by atoms with van der Waals surface area (Å²) in [5.74, 6) is 0.213. The molecule has 0 aliphatic carbocycles. The van der Waals surface area contributed by atoms with Gasteiger partial charge in [-0.05, 0) is 67.1 Å². The first-order valence-electron chi connectivity index (χ1n) is 11.9. The summed E-state index contributed by atoms with van der Waals surface area (Å²) in [6.07, 6.45) is -1.98. The van der Waals surface area contributed by atoms with Crippen molar-refractivity contribution in [1.82, 2.24) is 9.80 Å². The van der Waals surface area contributed by atoms with Crippen LogP contribution in [0.1, 0.15) is 43.2 Å². The Balaban J connectivity index is 1.26. The molecule has 2 fully saturated rings. The van der Waals surface area contributed by atoms with Crippen LogP contribution in [0.2, 0.25) is 0 Å². The van der Waals surface area contributed by atoms with Gasteiger partial charge in [0.25, 0.3) is 0 Å². The van der Waals surface area contributed by atoms with Crippen LogP contribution in [0.3, 0.4) is 0 Å². The van der Waals surface area contributed by atoms with E-state index in [1.807, 2.05) is 31.3 Å². The molecule has 2 aromatic rings. The van der Waals surface area contributed by atoms with Gasteiger partial charge in [-0.15, -0.1) is 0 Å². The highest BCUT2D eigenvalue weighted by molar-refractivity contribution is 5.89. The third kappa shape index (κ3) is 5.89. The number of carbonyl (C=O) groups excluding carboxylic acids is 2. The fraction of sp³-hybridized carbons (Fsp3) is 0.462. The molecule has 6 nitrogen and oxygen atoms in total. The van der Waals surface area contributed by atoms with Crippen LogP contribution in [0.4, 0.5) is 29.3 Å². The molecule has 35 heavy (non-hydrogen) atoms. The Bertz CT molecular complexity index is 1030. The highest BCUT2D eigenvalue weighted by atomic mass is 19.4. The molecule has 2 heterocycles. The van der Waals surface area contributed by atoms with Gasteiger partial charge in [-0.3, -0.25) is 4.79 Å². The van der Waals surface area contributed by atoms with Gasteiger partial charge in [0, 0.05) is 51.5 Å². The average Bonchev–Trinajstić information content (AvgIpc) is 3.34. The molecule has 1 atom stereocenters. The molecule has 3 amide bonds. The monoisotopic (exact) mass is 488 g/mol. The fourth-order valence-electron chi connectivity index (χ4n) is 4.87. The Hall–Kier alpha value is -3.23. The van der Waals surface area contributed by atoms with Gasteiger partial charge < -0.3 is 20.0 Å². The van der Waals surface area contributed by atoms with Crippen molar-refractivity contribution < 1.29 is 22.8 Å². The number of urea groups is 1. The van der Waals surface area contributed by atoms with Crippen molar-refractivity contribution in [1.29, 1.82) is 0 Å². The number of halogens is 3. The standard InChI is InChI=1S/C26H31F3N4O2/c1-18(34)31(2)24-13-16-33(17-24)23-9-7-22(8-10-23)30-25(35)32-14-11-20(12-15-32)19-3-5-21(6-4-19)26(27,28)29/h3-10,20,24H,11-17H2,1-2H3,(H,30,35). The SMILES string of the molecule is CC(=O)N(C)C1CCN(c2ccc(NC(=O)N3CCC(c4ccc(C(F)(F)F)cc4)CC3)cc2)C1. The van der Waals surface area contributed by atoms with E-state index in [4.69, 9.17) is 0 Å². The number of hydrogen-bond donors (Lipinski definition) is 1. The van der Waals surface area contributed by atoms with Crippen LogP contribution in [-0.2, 0) is 11.0 Å². The van der Waals surface area contributed by atoms with Gasteiger partial charge in [0.05, 0.1) is 11.6 Å². The molecule has 1 N–H and O–H groups in total. The minimum atomic E-state index is -4.33. The smallest absolute Gasteiger partial charge is 0.369 e. The van der Waals surface area contributed by atoms with Gasteiger partial charge in [0.1, 0.15) is 0 Å². The van der Waals surface area contributed by atoms with Gasteiger partial charge in [0.2, 0.25) is 5.91 Å². The largest absolute Gasteiger partial charge is 0.416 e. The lowest BCUT2D eigenvalue weighted by atomic mass is 9.89. The summed E-state index contributed by atoms with van der Waals surface area (Å²) in [4.78, 5) is 30.1. The third-order valence-electron chi connectivity index (χ3n) is 7.18. The summed E-state index contributed by atoms with van der Waals surface area (Å²) < 4.78 is 38.4. The maximum Gasteiger partial charge on any atom is 0.416 e. The first kappa shape index (κ1) is 24.9. The second-order valence-electron chi connectivity index (χ2n) is 9.38. The quantitative estimate of drug-likeness (QED) is 0.646. The van der Waals surface area contributed by atoms with E-state index < -0.39 is 11.7 Å². The molecule has 2 aromatic carbocycles. The van der Waals surface area contributed by atoms with Crippen LogP contribution in [0.25, 0.3) is 0 Å². The fourth-order valence-corrected chi connectivity index (χ4v) is 4.87. The average molecular weight is 489 g/mol. The van der Waals surface area contributed by atoms with Crippen molar-refractivity contribution in [2.75, 3.05) is 43.4 Å². The van der Waals surface area contributed by atoms with E-state index in [1.54, 1.807) is 28.9 Å². The zero-order valence-electron chi connectivity index (χ0n) is 20.0. The number of benzene rings is 2. The van der Waals surface area contributed by atoms with Crippen LogP contribution < -0.4 is 10.2 Å². The number of likely N-dealkylation sites (N-methyl/N-ethyl adjacent to an activating group) is 1. The third-order valence-corrected chi connectivity index (χ3v) is 7.18. The van der Waals surface area contributed by atoms with Gasteiger partial charge in [-0.2, -0.15) is 13.2 Å². The zero-order chi connectivity index (χ0) is 25.2. The number of nitrogens with one attached hydrogen (secondary N) is 1. The Kier molecular flexibility index (Phi) is 7.23. The normalized spacial score (nSPS) is 19.1. The van der Waals surface area contributed by atoms with E-state index in [0.717, 1.165) is 42.9 Å². The lowest BCUT2D eigenvalue weighted by Crippen LogP contribution is -2.40. The summed E-state index contributed by atoms with van der Waals surface area (Å²) in [5, 5.41) is 2.94. The van der Waals surface area contributed by atoms with E-state index in [-0.39, 0.29) is 23.9 Å². The van der Waals surface area contributed by atoms with Crippen LogP contribution in [0.5, 0.6) is 0 Å². The maximum atomic E-state index is 12.8. The Morgan fingerprint density at radius 3 is 2.14 bits per heavy atom. The molecule has 9 heteroatoms. The molecule has 0 spiro atoms. The second-order valence-corrected chi connectivity index (χ2v) is 9.38. The highest BCUT2D eigenvalue weighted by Crippen LogP contribution is 2.33. The van der Waals surface area contributed by atoms with Gasteiger partial charge in [-0.25, -0.2) is 4.79 Å². The predicted molar refractivity (Wildman–Crippen MR) is 130 cm³/mol. The summed E-state index contributed by atoms with van der Waals surface area (Å²) in [5.41, 5.74) is 2.00. The number of likely N-dealkylation sites (tertiary alicyclic amines) is 1. The molecule has 1 unspecified atom stereocenters. The van der Waals surface area contributed by atoms with Crippen LogP contribution in [-0.4, -0.2) is 61.0 Å². The highest BCUT2D eigenvalue weighted by Gasteiger charge is 2.31. The lowest BCUT2D eigenvalue weighted by molar-refractivity contribution is -0.137. The van der Waals surface area contributed by atoms with Crippen LogP contribution >= 0.6 is 0 Å². The Morgan fingerprint density at radius 1 is 0.943 bits per heavy atom. The van der Waals surface area contributed by atoms with Crippen molar-refractivity contribution in [2.45, 2.75) is 44.3 Å². The Morgan fingerprint density at radius 2 is 1.57 bits per heavy atom. The molecule has 2 aliphatic heterocycles. The van der Waals surface area contributed by atoms with E-state index in [1.165, 1.54) is 0 Å². The molecular weight excluding hydrogens is 457 g/mol. The first-order valence-corrected chi connectivity index (χ1v) is 11.9. The van der Waals surface area contributed by atoms with Crippen LogP contribution in [0.15, 0.2) is 48.5 Å². The van der Waals surface area contributed by atoms with Gasteiger partial charge in [-0.1, -0.05) is 12.1 Å². The number of carbonyl (C=O) groups is 2. The van der Waals surface area contributed by atoms with Gasteiger partial charge in [0.15, 0.2) is 0 Å². The van der Waals surface area contributed by atoms with Crippen LogP contribution in [0, 0.1) is 0 Å². The number of amides is 3. The molecular formula is C26H31F3N4O2. The Labute approximate surface area is 203 Å². The van der Waals surface area contributed by atoms with Crippen molar-refractivity contribution in [2.24, 2.45) is 0 Å². The minimum Gasteiger partial charge on any atom is -0.369 e. The molecule has 4 rings (SSSR count). The number of nitrogens with zero attached hydrogens (tertiary/aromatic N) is 3. The topological polar surface area (TPSA) is 55.9 Å². The van der Waals surface area contributed by atoms with Crippen molar-refractivity contribution >= 4 is 23.3 Å². The molecule has 188 valence electrons. The number of alkyl halides is 3. The number of anilines is 2. The minimum absolute atomic E-state index is 0.0679. The zero-order valence-corrected chi connectivity index (χ0v) is 20.0. The molecule has 2 saturated heterocycles. The maximum absolute atomic E-state index is 12.8. The van der Waals surface area contributed by atoms with E-state index in [9.17, 15) is 22.8 Å². The summed E-state index contributed by atoms with van der Waals surface area (Å²) in [6, 6.07) is 13.1. The van der Waals surface area contributed by atoms with E-state index in [2.05, 4.69) is 10.2 Å². The van der Waals surface area contributed by atoms with E-state index >= 15 is 0 Å². The number of rotatable bonds is 4. The molecule has 0 bridgehead atoms. The molecule has 0 radical (unpaired) electrons. The second kappa shape index (κ2) is 10.2. The summed E-state index contributed by atoms with van der Waals surface area (Å²) >= 11 is 0. The van der Waals surface area contributed by atoms with Crippen molar-refractivity contribution in [3.8, 4) is 0 Å². The van der Waals surface area contributed by atoms with E-state index in [0.29, 0.717) is 31.6 Å². The number of piperidine rings is 1. The molecule has 0 aromatic heterocycles. The van der Waals surface area contributed by atoms with Crippen molar-refractivity contribution in [3.05, 3.63) is 59.7 Å². The number of hydrogen-bond acceptors (Lipinski definition) is 3. The van der Waals surface area contributed by atoms with Gasteiger partial charge >= 0.3 is 12.2 Å². The summed E-state index contributed by atoms with van der Waals surface area (Å²) in [7, 11) is 1.83. The van der Waals surface area contributed by atoms with Crippen molar-refractivity contribution in [3.63, 3.8) is 0 Å². The first-order chi connectivity index (χ1) is 16.6. The molecule has 2 aliphatic rings. The predicted octanol–water partition coefficient (Wildman–Crippen LogP) is 5.17. The summed E-state index contributed by atoms with van der Waals surface area (Å²) in [6.45, 7) is 4.35. The molecule has 0 saturated carbocycles. The lowest BCUT2D eigenvalue weighted by Gasteiger charge is -2.32.